The molecule has 15 aromatic rings. The van der Waals surface area contributed by atoms with E-state index < -0.39 is 40.1 Å². The Balaban J connectivity index is 0.000000135. The Morgan fingerprint density at radius 3 is 1.17 bits per heavy atom. The Morgan fingerprint density at radius 1 is 0.455 bits per heavy atom. The van der Waals surface area contributed by atoms with Crippen LogP contribution < -0.4 is 78.3 Å². The molecule has 0 unspecified atom stereocenters. The van der Waals surface area contributed by atoms with Gasteiger partial charge in [0.05, 0.1) is 56.5 Å². The van der Waals surface area contributed by atoms with Crippen LogP contribution in [0.3, 0.4) is 0 Å². The van der Waals surface area contributed by atoms with E-state index in [2.05, 4.69) is 47.6 Å². The van der Waals surface area contributed by atoms with Crippen LogP contribution in [-0.4, -0.2) is 118 Å². The number of rotatable bonds is 19. The van der Waals surface area contributed by atoms with Gasteiger partial charge >= 0.3 is 0 Å². The van der Waals surface area contributed by atoms with Crippen LogP contribution in [0.4, 0.5) is 43.3 Å². The number of pyridine rings is 4. The number of ether oxygens (including phenoxy) is 6. The lowest BCUT2D eigenvalue weighted by Crippen LogP contribution is -2.18. The van der Waals surface area contributed by atoms with Gasteiger partial charge < -0.3 is 71.4 Å². The van der Waals surface area contributed by atoms with Crippen LogP contribution in [0.1, 0.15) is 16.7 Å². The highest BCUT2D eigenvalue weighted by Crippen LogP contribution is 2.47. The molecule has 0 aliphatic carbocycles. The highest BCUT2D eigenvalue weighted by Gasteiger charge is 2.34. The van der Waals surface area contributed by atoms with E-state index in [4.69, 9.17) is 55.8 Å². The summed E-state index contributed by atoms with van der Waals surface area (Å²) < 4.78 is 69.2. The Kier molecular flexibility index (Phi) is 21.8. The number of likely N-dealkylation sites (N-methyl/N-ethyl adjacent to an activating group) is 2. The number of para-hydroxylation sites is 3. The first-order valence-electron chi connectivity index (χ1n) is 37.6. The molecule has 0 saturated heterocycles. The summed E-state index contributed by atoms with van der Waals surface area (Å²) in [4.78, 5) is 92.8. The van der Waals surface area contributed by atoms with Crippen molar-refractivity contribution in [1.82, 2.24) is 59.1 Å². The molecule has 121 heavy (non-hydrogen) atoms. The van der Waals surface area contributed by atoms with Crippen molar-refractivity contribution in [3.63, 3.8) is 0 Å². The van der Waals surface area contributed by atoms with Gasteiger partial charge in [-0.15, -0.1) is 0 Å². The number of benzene rings is 8. The van der Waals surface area contributed by atoms with Crippen molar-refractivity contribution in [1.29, 1.82) is 0 Å². The number of halogens is 2. The topological polar surface area (TPSA) is 392 Å². The zero-order valence-electron chi connectivity index (χ0n) is 65.1. The summed E-state index contributed by atoms with van der Waals surface area (Å²) in [5.74, 6) is 2.45. The van der Waals surface area contributed by atoms with E-state index in [1.165, 1.54) is 38.3 Å². The van der Waals surface area contributed by atoms with Gasteiger partial charge in [0.2, 0.25) is 35.4 Å². The van der Waals surface area contributed by atoms with Crippen LogP contribution in [0.2, 0.25) is 0 Å². The normalized spacial score (nSPS) is 12.1. The lowest BCUT2D eigenvalue weighted by molar-refractivity contribution is -0.112. The molecule has 0 atom stereocenters. The van der Waals surface area contributed by atoms with E-state index in [9.17, 15) is 37.5 Å². The second-order valence-electron chi connectivity index (χ2n) is 28.2. The first-order valence-corrected chi connectivity index (χ1v) is 37.6. The number of aromatic amines is 3. The number of nitrogen functional groups attached to an aromatic ring is 3. The van der Waals surface area contributed by atoms with Crippen LogP contribution in [0.5, 0.6) is 52.1 Å². The lowest BCUT2D eigenvalue weighted by Gasteiger charge is -2.23. The number of aromatic nitrogens is 10. The van der Waals surface area contributed by atoms with Gasteiger partial charge in [0.25, 0.3) is 16.7 Å². The number of carbonyl (C=O) groups excluding carboxylic acids is 3. The van der Waals surface area contributed by atoms with Crippen molar-refractivity contribution in [2.75, 3.05) is 74.4 Å². The number of nitrogens with zero attached hydrogens (tertiary/aromatic N) is 9. The van der Waals surface area contributed by atoms with E-state index >= 15 is 0 Å². The molecule has 18 rings (SSSR count). The number of hydrogen-bond donors (Lipinski definition) is 9. The van der Waals surface area contributed by atoms with E-state index in [0.29, 0.717) is 126 Å². The molecular weight excluding hydrogens is 1550 g/mol. The minimum Gasteiger partial charge on any atom is -0.473 e. The molecule has 0 spiro atoms. The van der Waals surface area contributed by atoms with Crippen LogP contribution >= 0.6 is 0 Å². The van der Waals surface area contributed by atoms with Gasteiger partial charge in [0.1, 0.15) is 116 Å². The summed E-state index contributed by atoms with van der Waals surface area (Å²) >= 11 is 0. The first-order chi connectivity index (χ1) is 58.6. The van der Waals surface area contributed by atoms with Crippen molar-refractivity contribution in [3.05, 3.63) is 297 Å². The second kappa shape index (κ2) is 33.5. The maximum Gasteiger partial charge on any atom is 0.264 e. The van der Waals surface area contributed by atoms with Crippen molar-refractivity contribution in [2.24, 2.45) is 0 Å². The van der Waals surface area contributed by atoms with Gasteiger partial charge in [-0.1, -0.05) is 85.5 Å². The smallest absolute Gasteiger partial charge is 0.264 e. The summed E-state index contributed by atoms with van der Waals surface area (Å²) in [5, 5.41) is 22.6. The molecule has 0 radical (unpaired) electrons. The molecule has 30 nitrogen and oxygen atoms in total. The highest BCUT2D eigenvalue weighted by atomic mass is 19.1. The van der Waals surface area contributed by atoms with Gasteiger partial charge in [-0.2, -0.15) is 15.3 Å². The van der Waals surface area contributed by atoms with E-state index in [1.54, 1.807) is 109 Å². The molecule has 606 valence electrons. The number of carbonyl (C=O) groups is 3. The van der Waals surface area contributed by atoms with Gasteiger partial charge in [-0.3, -0.25) is 48.7 Å². The second-order valence-corrected chi connectivity index (χ2v) is 28.2. The molecule has 0 fully saturated rings. The van der Waals surface area contributed by atoms with E-state index in [0.717, 1.165) is 6.08 Å². The fourth-order valence-electron chi connectivity index (χ4n) is 13.9. The maximum atomic E-state index is 15.0. The van der Waals surface area contributed by atoms with Crippen LogP contribution in [0.15, 0.2) is 252 Å². The SMILES string of the molecule is C=CC(=O)Nc1c(F)ccc2c1COc1[nH]c(=O)c3c(N)n(-c4ccc(Oc5ccccc5)cc4)nc3c1-2.CN(C)C/C=C/C(=O)Nc1c(F)ccc2c1COc1[nH]c(=O)c3c(N)n(-c4ccc(Oc5ccccc5)cc4)nc3c1-2.CN(C)C/C=C/C(=O)Nc1ccnc2c1COc1[nH]c(=O)c3c(N)n(-c4ccc(Oc5ccccc5)cc4)nc3c1-2. The Labute approximate surface area is 685 Å². The van der Waals surface area contributed by atoms with Crippen LogP contribution in [0, 0.1) is 11.6 Å². The zero-order chi connectivity index (χ0) is 84.3. The number of nitrogens with two attached hydrogens (primary N) is 3. The molecule has 8 aromatic carbocycles. The molecular formula is C89H74F2N18O12. The minimum atomic E-state index is -0.630. The summed E-state index contributed by atoms with van der Waals surface area (Å²) in [6.45, 7) is 4.56. The van der Waals surface area contributed by atoms with Crippen LogP contribution in [0.25, 0.3) is 83.3 Å². The zero-order valence-corrected chi connectivity index (χ0v) is 65.1. The molecule has 32 heteroatoms. The van der Waals surface area contributed by atoms with Crippen molar-refractivity contribution in [3.8, 4) is 103 Å². The Bertz CT molecular complexity index is 6830. The molecule has 12 N–H and O–H groups in total. The quantitative estimate of drug-likeness (QED) is 0.0340. The number of H-pyrrole nitrogens is 3. The Morgan fingerprint density at radius 2 is 0.793 bits per heavy atom. The number of amides is 3. The van der Waals surface area contributed by atoms with Gasteiger partial charge in [-0.05, 0) is 173 Å². The Hall–Kier alpha value is -16.2. The molecule has 7 aromatic heterocycles. The third-order valence-corrected chi connectivity index (χ3v) is 19.6. The van der Waals surface area contributed by atoms with E-state index in [-0.39, 0.29) is 99.4 Å². The van der Waals surface area contributed by atoms with Crippen molar-refractivity contribution in [2.45, 2.75) is 19.8 Å². The standard InChI is InChI=1S/C31H27FN6O4.C30H27N7O4.C28H20FN5O4/c1-37(2)16-6-9-24(39)34-27-22-17-41-31-25(21(22)14-15-23(27)32)28-26(30(40)35-31)29(33)38(36-28)18-10-12-20(13-11-18)42-19-7-4-3-5-8-19;1-36(2)16-6-9-23(38)33-22-14-15-32-26-21(22)17-40-30-24(26)27-25(29(39)34-30)28(31)37(35-27)18-10-12-20(13-11-18)41-19-7-4-3-5-8-19;1-2-21(35)31-24-19-14-37-28-22(18(19)12-13-20(24)29)25-23(27(36)32-28)26(30)34(33-25)15-8-10-17(11-9-15)38-16-6-4-3-5-7-16/h3-15H,16-17,33H2,1-2H3,(H,34,39)(H,35,40);3-15H,16-17,31H2,1-2H3,(H,34,39)(H,32,33,38);2-13H,1,14,30H2,(H,31,35)(H,32,36)/b2*9-6+;. The third-order valence-electron chi connectivity index (χ3n) is 19.6. The largest absolute Gasteiger partial charge is 0.473 e. The fourth-order valence-corrected chi connectivity index (χ4v) is 13.9. The monoisotopic (exact) mass is 1620 g/mol. The lowest BCUT2D eigenvalue weighted by atomic mass is 9.95. The fraction of sp³-hybridized carbons (Fsp3) is 0.101. The molecule has 3 aliphatic heterocycles. The van der Waals surface area contributed by atoms with Gasteiger partial charge in [0.15, 0.2) is 0 Å². The predicted octanol–water partition coefficient (Wildman–Crippen LogP) is 13.9. The predicted molar refractivity (Wildman–Crippen MR) is 456 cm³/mol. The van der Waals surface area contributed by atoms with Gasteiger partial charge in [0, 0.05) is 48.1 Å². The molecule has 3 amide bonds. The number of nitrogens with one attached hydrogen (secondary N) is 6. The number of anilines is 6. The molecule has 10 heterocycles. The van der Waals surface area contributed by atoms with Crippen LogP contribution in [-0.2, 0) is 34.2 Å². The number of fused-ring (bicyclic) bond motifs is 15. The minimum absolute atomic E-state index is 0.00147. The molecule has 0 bridgehead atoms. The first kappa shape index (κ1) is 78.7. The maximum absolute atomic E-state index is 15.0. The van der Waals surface area contributed by atoms with Crippen molar-refractivity contribution < 1.29 is 51.6 Å². The number of hydrogen-bond acceptors (Lipinski definition) is 21. The molecule has 0 saturated carbocycles. The van der Waals surface area contributed by atoms with E-state index in [1.807, 2.05) is 129 Å². The highest BCUT2D eigenvalue weighted by molar-refractivity contribution is 6.08. The average molecular weight is 1630 g/mol. The van der Waals surface area contributed by atoms with Gasteiger partial charge in [-0.25, -0.2) is 22.8 Å². The average Bonchev–Trinajstić information content (AvgIpc) is 1.44. The summed E-state index contributed by atoms with van der Waals surface area (Å²) in [6.07, 6.45) is 8.93. The third kappa shape index (κ3) is 16.1. The molecule has 3 aliphatic rings. The summed E-state index contributed by atoms with van der Waals surface area (Å²) in [7, 11) is 7.59. The van der Waals surface area contributed by atoms with Crippen molar-refractivity contribution >= 4 is 84.9 Å². The summed E-state index contributed by atoms with van der Waals surface area (Å²) in [5.41, 5.74) is 25.7. The summed E-state index contributed by atoms with van der Waals surface area (Å²) in [6, 6.07) is 56.9.